The Morgan fingerprint density at radius 1 is 1.42 bits per heavy atom. The fraction of sp³-hybridized carbons (Fsp3) is 0.348. The number of carbonyl (C=O) groups excluding carboxylic acids is 1. The number of nitrogens with one attached hydrogen (secondary N) is 2. The zero-order valence-corrected chi connectivity index (χ0v) is 17.3. The van der Waals surface area contributed by atoms with Crippen molar-refractivity contribution in [1.82, 2.24) is 20.2 Å². The molecule has 1 aliphatic rings. The minimum atomic E-state index is -0.846. The van der Waals surface area contributed by atoms with Crippen molar-refractivity contribution in [3.05, 3.63) is 54.1 Å². The number of hydrogen-bond acceptors (Lipinski definition) is 5. The van der Waals surface area contributed by atoms with E-state index in [4.69, 9.17) is 4.74 Å². The molecule has 3 heterocycles. The van der Waals surface area contributed by atoms with Gasteiger partial charge >= 0.3 is 0 Å². The summed E-state index contributed by atoms with van der Waals surface area (Å²) in [5.41, 5.74) is 3.71. The summed E-state index contributed by atoms with van der Waals surface area (Å²) in [4.78, 5) is 16.8. The third-order valence-corrected chi connectivity index (χ3v) is 5.46. The van der Waals surface area contributed by atoms with Gasteiger partial charge in [-0.05, 0) is 42.3 Å². The van der Waals surface area contributed by atoms with E-state index in [0.29, 0.717) is 24.3 Å². The van der Waals surface area contributed by atoms with Gasteiger partial charge < -0.3 is 19.9 Å². The lowest BCUT2D eigenvalue weighted by molar-refractivity contribution is -0.132. The third-order valence-electron chi connectivity index (χ3n) is 5.46. The number of pyridine rings is 1. The van der Waals surface area contributed by atoms with Crippen molar-refractivity contribution in [3.63, 3.8) is 0 Å². The first-order valence-electron chi connectivity index (χ1n) is 10.3. The van der Waals surface area contributed by atoms with E-state index >= 15 is 0 Å². The molecule has 2 unspecified atom stereocenters. The fourth-order valence-electron chi connectivity index (χ4n) is 3.68. The number of hydrogen-bond donors (Lipinski definition) is 2. The number of ether oxygens (including phenoxy) is 1. The molecular formula is C23H24FN5O2. The van der Waals surface area contributed by atoms with Crippen LogP contribution in [-0.4, -0.2) is 47.3 Å². The molecule has 0 bridgehead atoms. The Labute approximate surface area is 179 Å². The minimum Gasteiger partial charge on any atom is -0.367 e. The zero-order chi connectivity index (χ0) is 21.8. The summed E-state index contributed by atoms with van der Waals surface area (Å²) in [5, 5.41) is 15.3. The Kier molecular flexibility index (Phi) is 6.26. The van der Waals surface area contributed by atoms with Crippen LogP contribution >= 0.6 is 0 Å². The maximum Gasteiger partial charge on any atom is 0.251 e. The molecule has 2 atom stereocenters. The number of aromatic nitrogens is 2. The molecule has 3 aromatic rings. The quantitative estimate of drug-likeness (QED) is 0.660. The van der Waals surface area contributed by atoms with Gasteiger partial charge in [-0.2, -0.15) is 5.26 Å². The molecule has 7 nitrogen and oxygen atoms in total. The molecule has 1 amide bonds. The van der Waals surface area contributed by atoms with Crippen LogP contribution in [0.4, 0.5) is 4.39 Å². The maximum absolute atomic E-state index is 14.8. The number of aryl methyl sites for hydroxylation is 1. The molecule has 1 fully saturated rings. The summed E-state index contributed by atoms with van der Waals surface area (Å²) in [5.74, 6) is -0.786. The van der Waals surface area contributed by atoms with Gasteiger partial charge in [0.05, 0.1) is 17.1 Å². The molecule has 1 aromatic carbocycles. The van der Waals surface area contributed by atoms with Gasteiger partial charge in [-0.15, -0.1) is 0 Å². The van der Waals surface area contributed by atoms with E-state index in [1.54, 1.807) is 18.3 Å². The first-order valence-corrected chi connectivity index (χ1v) is 10.3. The zero-order valence-electron chi connectivity index (χ0n) is 17.3. The first-order chi connectivity index (χ1) is 15.0. The van der Waals surface area contributed by atoms with Crippen molar-refractivity contribution >= 4 is 16.9 Å². The van der Waals surface area contributed by atoms with Crippen LogP contribution in [-0.2, 0) is 23.0 Å². The monoisotopic (exact) mass is 421 g/mol. The molecule has 8 heteroatoms. The van der Waals surface area contributed by atoms with E-state index in [9.17, 15) is 14.4 Å². The SMILES string of the molecule is Cn1ccc2ncc(-c3ccc(CC(C#N)NC(=O)C4CNCCCO4)c(F)c3)cc21. The highest BCUT2D eigenvalue weighted by molar-refractivity contribution is 5.82. The van der Waals surface area contributed by atoms with Crippen molar-refractivity contribution in [3.8, 4) is 17.2 Å². The number of halogens is 1. The first kappa shape index (κ1) is 21.0. The number of amides is 1. The minimum absolute atomic E-state index is 0.0730. The number of nitriles is 1. The lowest BCUT2D eigenvalue weighted by atomic mass is 10.0. The van der Waals surface area contributed by atoms with Crippen molar-refractivity contribution in [2.45, 2.75) is 25.0 Å². The van der Waals surface area contributed by atoms with Crippen LogP contribution in [0.5, 0.6) is 0 Å². The van der Waals surface area contributed by atoms with E-state index in [2.05, 4.69) is 15.6 Å². The summed E-state index contributed by atoms with van der Waals surface area (Å²) < 4.78 is 22.3. The van der Waals surface area contributed by atoms with Crippen LogP contribution in [0.2, 0.25) is 0 Å². The van der Waals surface area contributed by atoms with E-state index in [1.165, 1.54) is 6.07 Å². The van der Waals surface area contributed by atoms with Crippen LogP contribution in [0.3, 0.4) is 0 Å². The molecule has 0 saturated carbocycles. The topological polar surface area (TPSA) is 92.0 Å². The van der Waals surface area contributed by atoms with Crippen LogP contribution in [0.15, 0.2) is 42.7 Å². The average molecular weight is 421 g/mol. The highest BCUT2D eigenvalue weighted by Gasteiger charge is 2.24. The van der Waals surface area contributed by atoms with E-state index in [1.807, 2.05) is 36.0 Å². The van der Waals surface area contributed by atoms with Crippen molar-refractivity contribution in [2.24, 2.45) is 7.05 Å². The van der Waals surface area contributed by atoms with Gasteiger partial charge in [-0.3, -0.25) is 9.78 Å². The number of rotatable bonds is 5. The Morgan fingerprint density at radius 3 is 3.10 bits per heavy atom. The molecule has 160 valence electrons. The molecule has 1 aliphatic heterocycles. The van der Waals surface area contributed by atoms with Crippen molar-refractivity contribution < 1.29 is 13.9 Å². The standard InChI is InChI=1S/C23H24FN5O2/c1-29-7-5-20-21(29)11-17(13-27-20)15-3-4-16(19(24)10-15)9-18(12-25)28-23(30)22-14-26-6-2-8-31-22/h3-5,7,10-11,13,18,22,26H,2,6,8-9,14H2,1H3,(H,28,30). The van der Waals surface area contributed by atoms with Gasteiger partial charge in [0.2, 0.25) is 0 Å². The molecule has 4 rings (SSSR count). The maximum atomic E-state index is 14.8. The van der Waals surface area contributed by atoms with Gasteiger partial charge in [-0.25, -0.2) is 4.39 Å². The highest BCUT2D eigenvalue weighted by Crippen LogP contribution is 2.25. The largest absolute Gasteiger partial charge is 0.367 e. The molecular weight excluding hydrogens is 397 g/mol. The van der Waals surface area contributed by atoms with Crippen molar-refractivity contribution in [2.75, 3.05) is 19.7 Å². The summed E-state index contributed by atoms with van der Waals surface area (Å²) in [6, 6.07) is 9.99. The van der Waals surface area contributed by atoms with Crippen LogP contribution in [0, 0.1) is 17.1 Å². The number of nitrogens with zero attached hydrogens (tertiary/aromatic N) is 3. The molecule has 2 N–H and O–H groups in total. The van der Waals surface area contributed by atoms with Crippen molar-refractivity contribution in [1.29, 1.82) is 5.26 Å². The number of fused-ring (bicyclic) bond motifs is 1. The third kappa shape index (κ3) is 4.74. The number of benzene rings is 1. The second kappa shape index (κ2) is 9.25. The molecule has 31 heavy (non-hydrogen) atoms. The summed E-state index contributed by atoms with van der Waals surface area (Å²) >= 11 is 0. The molecule has 2 aromatic heterocycles. The van der Waals surface area contributed by atoms with E-state index in [-0.39, 0.29) is 12.3 Å². The lowest BCUT2D eigenvalue weighted by Gasteiger charge is -2.18. The molecule has 0 aliphatic carbocycles. The second-order valence-electron chi connectivity index (χ2n) is 7.67. The average Bonchev–Trinajstić information content (AvgIpc) is 2.97. The predicted molar refractivity (Wildman–Crippen MR) is 115 cm³/mol. The molecule has 1 saturated heterocycles. The second-order valence-corrected chi connectivity index (χ2v) is 7.67. The van der Waals surface area contributed by atoms with Gasteiger partial charge in [-0.1, -0.05) is 12.1 Å². The molecule has 0 spiro atoms. The Bertz CT molecular complexity index is 1130. The number of carbonyl (C=O) groups is 1. The Hall–Kier alpha value is -3.28. The Morgan fingerprint density at radius 2 is 2.29 bits per heavy atom. The van der Waals surface area contributed by atoms with Crippen LogP contribution < -0.4 is 10.6 Å². The van der Waals surface area contributed by atoms with Gasteiger partial charge in [0.15, 0.2) is 0 Å². The smallest absolute Gasteiger partial charge is 0.251 e. The van der Waals surface area contributed by atoms with E-state index < -0.39 is 18.0 Å². The van der Waals surface area contributed by atoms with Gasteiger partial charge in [0, 0.05) is 44.6 Å². The summed E-state index contributed by atoms with van der Waals surface area (Å²) in [6.07, 6.45) is 3.90. The summed E-state index contributed by atoms with van der Waals surface area (Å²) in [7, 11) is 1.93. The van der Waals surface area contributed by atoms with Crippen LogP contribution in [0.25, 0.3) is 22.2 Å². The van der Waals surface area contributed by atoms with Gasteiger partial charge in [0.1, 0.15) is 18.0 Å². The lowest BCUT2D eigenvalue weighted by Crippen LogP contribution is -2.46. The van der Waals surface area contributed by atoms with Crippen LogP contribution in [0.1, 0.15) is 12.0 Å². The highest BCUT2D eigenvalue weighted by atomic mass is 19.1. The van der Waals surface area contributed by atoms with E-state index in [0.717, 1.165) is 29.6 Å². The summed E-state index contributed by atoms with van der Waals surface area (Å²) in [6.45, 7) is 1.67. The Balaban J connectivity index is 1.47. The molecule has 0 radical (unpaired) electrons. The predicted octanol–water partition coefficient (Wildman–Crippen LogP) is 2.31. The van der Waals surface area contributed by atoms with Gasteiger partial charge in [0.25, 0.3) is 5.91 Å². The normalized spacial score (nSPS) is 17.6. The fourth-order valence-corrected chi connectivity index (χ4v) is 3.68.